The zero-order valence-electron chi connectivity index (χ0n) is 9.57. The minimum absolute atomic E-state index is 0. The minimum Gasteiger partial charge on any atom is -0.497 e. The lowest BCUT2D eigenvalue weighted by molar-refractivity contribution is 0.410. The van der Waals surface area contributed by atoms with Crippen molar-refractivity contribution >= 4 is 12.4 Å². The second kappa shape index (κ2) is 6.70. The third-order valence-corrected chi connectivity index (χ3v) is 2.74. The van der Waals surface area contributed by atoms with Gasteiger partial charge in [-0.3, -0.25) is 0 Å². The monoisotopic (exact) mass is 229 g/mol. The van der Waals surface area contributed by atoms with Crippen LogP contribution in [-0.4, -0.2) is 7.11 Å². The molecule has 2 atom stereocenters. The molecule has 2 N–H and O–H groups in total. The van der Waals surface area contributed by atoms with Gasteiger partial charge in [-0.05, 0) is 23.6 Å². The zero-order valence-corrected chi connectivity index (χ0v) is 10.4. The molecule has 15 heavy (non-hydrogen) atoms. The van der Waals surface area contributed by atoms with Crippen LogP contribution in [0.1, 0.15) is 31.9 Å². The fraction of sp³-hybridized carbons (Fsp3) is 0.500. The second-order valence-corrected chi connectivity index (χ2v) is 3.69. The molecule has 0 amide bonds. The van der Waals surface area contributed by atoms with E-state index >= 15 is 0 Å². The van der Waals surface area contributed by atoms with Crippen LogP contribution in [0.15, 0.2) is 24.3 Å². The largest absolute Gasteiger partial charge is 0.497 e. The number of nitrogens with two attached hydrogens (primary N) is 1. The fourth-order valence-electron chi connectivity index (χ4n) is 1.43. The molecule has 0 fully saturated rings. The van der Waals surface area contributed by atoms with Gasteiger partial charge in [0.2, 0.25) is 0 Å². The van der Waals surface area contributed by atoms with E-state index in [9.17, 15) is 0 Å². The van der Waals surface area contributed by atoms with Crippen LogP contribution in [0.25, 0.3) is 0 Å². The van der Waals surface area contributed by atoms with Crippen molar-refractivity contribution in [2.75, 3.05) is 7.11 Å². The number of ether oxygens (including phenoxy) is 1. The Morgan fingerprint density at radius 2 is 2.07 bits per heavy atom. The van der Waals surface area contributed by atoms with Gasteiger partial charge in [-0.2, -0.15) is 0 Å². The van der Waals surface area contributed by atoms with Crippen LogP contribution in [0.2, 0.25) is 0 Å². The van der Waals surface area contributed by atoms with Gasteiger partial charge in [0.15, 0.2) is 0 Å². The molecule has 0 heterocycles. The number of hydrogen-bond acceptors (Lipinski definition) is 2. The summed E-state index contributed by atoms with van der Waals surface area (Å²) in [4.78, 5) is 0. The van der Waals surface area contributed by atoms with Crippen LogP contribution in [0.4, 0.5) is 0 Å². The molecule has 3 heteroatoms. The van der Waals surface area contributed by atoms with E-state index in [4.69, 9.17) is 10.5 Å². The number of halogens is 1. The van der Waals surface area contributed by atoms with Crippen LogP contribution in [0.3, 0.4) is 0 Å². The summed E-state index contributed by atoms with van der Waals surface area (Å²) in [6.45, 7) is 4.33. The molecule has 0 saturated heterocycles. The molecule has 0 aliphatic heterocycles. The Balaban J connectivity index is 0.00000196. The van der Waals surface area contributed by atoms with Crippen molar-refractivity contribution in [1.29, 1.82) is 0 Å². The summed E-state index contributed by atoms with van der Waals surface area (Å²) in [6, 6.07) is 8.09. The predicted octanol–water partition coefficient (Wildman–Crippen LogP) is 3.16. The summed E-state index contributed by atoms with van der Waals surface area (Å²) in [5.74, 6) is 1.38. The van der Waals surface area contributed by atoms with E-state index in [2.05, 4.69) is 19.9 Å². The Morgan fingerprint density at radius 3 is 2.60 bits per heavy atom. The first-order valence-corrected chi connectivity index (χ1v) is 5.08. The van der Waals surface area contributed by atoms with E-state index in [1.54, 1.807) is 7.11 Å². The SMILES string of the molecule is CCC(C)[C@@H](N)c1cccc(OC)c1.Cl. The first-order valence-electron chi connectivity index (χ1n) is 5.08. The molecule has 1 unspecified atom stereocenters. The van der Waals surface area contributed by atoms with Gasteiger partial charge in [-0.15, -0.1) is 12.4 Å². The lowest BCUT2D eigenvalue weighted by Crippen LogP contribution is -2.18. The molecule has 2 nitrogen and oxygen atoms in total. The standard InChI is InChI=1S/C12H19NO.ClH/c1-4-9(2)12(13)10-6-5-7-11(8-10)14-3;/h5-9,12H,4,13H2,1-3H3;1H/t9?,12-;/m1./s1. The van der Waals surface area contributed by atoms with E-state index in [0.717, 1.165) is 17.7 Å². The Bertz CT molecular complexity index is 291. The second-order valence-electron chi connectivity index (χ2n) is 3.69. The average Bonchev–Trinajstić information content (AvgIpc) is 2.27. The van der Waals surface area contributed by atoms with Crippen molar-refractivity contribution in [3.8, 4) is 5.75 Å². The predicted molar refractivity (Wildman–Crippen MR) is 66.6 cm³/mol. The molecule has 0 aliphatic carbocycles. The van der Waals surface area contributed by atoms with Crippen molar-refractivity contribution in [3.05, 3.63) is 29.8 Å². The van der Waals surface area contributed by atoms with Crippen molar-refractivity contribution in [2.24, 2.45) is 11.7 Å². The summed E-state index contributed by atoms with van der Waals surface area (Å²) in [5, 5.41) is 0. The minimum atomic E-state index is 0. The van der Waals surface area contributed by atoms with Crippen molar-refractivity contribution in [2.45, 2.75) is 26.3 Å². The van der Waals surface area contributed by atoms with Gasteiger partial charge in [0.1, 0.15) is 5.75 Å². The van der Waals surface area contributed by atoms with Crippen LogP contribution in [0.5, 0.6) is 5.75 Å². The van der Waals surface area contributed by atoms with Gasteiger partial charge in [0, 0.05) is 6.04 Å². The molecule has 0 spiro atoms. The Hall–Kier alpha value is -0.730. The zero-order chi connectivity index (χ0) is 10.6. The first-order chi connectivity index (χ1) is 6.69. The van der Waals surface area contributed by atoms with Gasteiger partial charge < -0.3 is 10.5 Å². The topological polar surface area (TPSA) is 35.2 Å². The van der Waals surface area contributed by atoms with Crippen LogP contribution in [-0.2, 0) is 0 Å². The molecule has 0 saturated carbocycles. The maximum atomic E-state index is 6.12. The first kappa shape index (κ1) is 14.3. The molecule has 0 bridgehead atoms. The lowest BCUT2D eigenvalue weighted by Gasteiger charge is -2.19. The molecule has 86 valence electrons. The summed E-state index contributed by atoms with van der Waals surface area (Å²) in [6.07, 6.45) is 1.10. The quantitative estimate of drug-likeness (QED) is 0.861. The molecular weight excluding hydrogens is 210 g/mol. The lowest BCUT2D eigenvalue weighted by atomic mass is 9.93. The van der Waals surface area contributed by atoms with Gasteiger partial charge in [-0.25, -0.2) is 0 Å². The number of methoxy groups -OCH3 is 1. The number of hydrogen-bond donors (Lipinski definition) is 1. The third kappa shape index (κ3) is 3.73. The maximum absolute atomic E-state index is 6.12. The van der Waals surface area contributed by atoms with E-state index in [-0.39, 0.29) is 18.4 Å². The molecule has 1 aromatic carbocycles. The fourth-order valence-corrected chi connectivity index (χ4v) is 1.43. The smallest absolute Gasteiger partial charge is 0.119 e. The van der Waals surface area contributed by atoms with Gasteiger partial charge in [0.25, 0.3) is 0 Å². The molecule has 0 aromatic heterocycles. The van der Waals surface area contributed by atoms with Crippen LogP contribution in [0, 0.1) is 5.92 Å². The molecule has 0 radical (unpaired) electrons. The molecule has 1 rings (SSSR count). The highest BCUT2D eigenvalue weighted by Crippen LogP contribution is 2.24. The van der Waals surface area contributed by atoms with E-state index in [0.29, 0.717) is 5.92 Å². The van der Waals surface area contributed by atoms with Crippen LogP contribution < -0.4 is 10.5 Å². The summed E-state index contributed by atoms with van der Waals surface area (Å²) < 4.78 is 5.16. The number of rotatable bonds is 4. The Labute approximate surface area is 98.2 Å². The van der Waals surface area contributed by atoms with Crippen molar-refractivity contribution < 1.29 is 4.74 Å². The Morgan fingerprint density at radius 1 is 1.40 bits per heavy atom. The Kier molecular flexibility index (Phi) is 6.37. The number of benzene rings is 1. The molecule has 1 aromatic rings. The molecular formula is C12H20ClNO. The third-order valence-electron chi connectivity index (χ3n) is 2.74. The van der Waals surface area contributed by atoms with E-state index < -0.39 is 0 Å². The van der Waals surface area contributed by atoms with E-state index in [1.165, 1.54) is 0 Å². The highest BCUT2D eigenvalue weighted by molar-refractivity contribution is 5.85. The summed E-state index contributed by atoms with van der Waals surface area (Å²) >= 11 is 0. The van der Waals surface area contributed by atoms with Gasteiger partial charge in [0.05, 0.1) is 7.11 Å². The maximum Gasteiger partial charge on any atom is 0.119 e. The van der Waals surface area contributed by atoms with Gasteiger partial charge in [-0.1, -0.05) is 32.4 Å². The van der Waals surface area contributed by atoms with Crippen LogP contribution >= 0.6 is 12.4 Å². The summed E-state index contributed by atoms with van der Waals surface area (Å²) in [5.41, 5.74) is 7.27. The van der Waals surface area contributed by atoms with E-state index in [1.807, 2.05) is 18.2 Å². The van der Waals surface area contributed by atoms with Crippen molar-refractivity contribution in [3.63, 3.8) is 0 Å². The summed E-state index contributed by atoms with van der Waals surface area (Å²) in [7, 11) is 1.67. The highest BCUT2D eigenvalue weighted by Gasteiger charge is 2.13. The van der Waals surface area contributed by atoms with Crippen molar-refractivity contribution in [1.82, 2.24) is 0 Å². The average molecular weight is 230 g/mol. The highest BCUT2D eigenvalue weighted by atomic mass is 35.5. The normalized spacial score (nSPS) is 13.9. The van der Waals surface area contributed by atoms with Gasteiger partial charge >= 0.3 is 0 Å². The molecule has 0 aliphatic rings.